The highest BCUT2D eigenvalue weighted by molar-refractivity contribution is 7.59. The summed E-state index contributed by atoms with van der Waals surface area (Å²) in [5.74, 6) is 0. The van der Waals surface area contributed by atoms with Gasteiger partial charge in [-0.2, -0.15) is 13.5 Å². The summed E-state index contributed by atoms with van der Waals surface area (Å²) in [5.41, 5.74) is 0. The van der Waals surface area contributed by atoms with Crippen molar-refractivity contribution in [2.45, 2.75) is 52.1 Å². The summed E-state index contributed by atoms with van der Waals surface area (Å²) < 4.78 is 5.85. The van der Waals surface area contributed by atoms with Gasteiger partial charge in [-0.1, -0.05) is 26.7 Å². The van der Waals surface area contributed by atoms with Gasteiger partial charge < -0.3 is 9.64 Å². The first-order valence-electron chi connectivity index (χ1n) is 6.20. The van der Waals surface area contributed by atoms with E-state index < -0.39 is 0 Å². The molecule has 1 saturated heterocycles. The molecule has 0 aliphatic carbocycles. The zero-order chi connectivity index (χ0) is 10.2. The van der Waals surface area contributed by atoms with Gasteiger partial charge in [-0.3, -0.25) is 0 Å². The zero-order valence-electron chi connectivity index (χ0n) is 10.3. The lowest BCUT2D eigenvalue weighted by molar-refractivity contribution is 0.00705. The Hall–Kier alpha value is 0.270. The Balaban J connectivity index is 0.00000196. The molecule has 0 aromatic carbocycles. The highest BCUT2D eigenvalue weighted by atomic mass is 32.1. The summed E-state index contributed by atoms with van der Waals surface area (Å²) in [7, 11) is 0. The lowest BCUT2D eigenvalue weighted by Crippen LogP contribution is -2.36. The normalized spacial score (nSPS) is 18.8. The van der Waals surface area contributed by atoms with Crippen LogP contribution in [0.25, 0.3) is 0 Å². The molecule has 0 aromatic heterocycles. The van der Waals surface area contributed by atoms with Crippen LogP contribution in [0.3, 0.4) is 0 Å². The van der Waals surface area contributed by atoms with Crippen molar-refractivity contribution in [2.75, 3.05) is 26.2 Å². The Labute approximate surface area is 102 Å². The van der Waals surface area contributed by atoms with Crippen molar-refractivity contribution in [3.8, 4) is 0 Å². The lowest BCUT2D eigenvalue weighted by Gasteiger charge is -2.30. The number of piperidine rings is 1. The molecule has 0 bridgehead atoms. The third kappa shape index (κ3) is 6.44. The molecule has 0 radical (unpaired) electrons. The molecule has 1 fully saturated rings. The third-order valence-corrected chi connectivity index (χ3v) is 3.08. The van der Waals surface area contributed by atoms with Crippen molar-refractivity contribution >= 4 is 13.5 Å². The molecule has 1 aliphatic heterocycles. The summed E-state index contributed by atoms with van der Waals surface area (Å²) in [6, 6.07) is 0. The van der Waals surface area contributed by atoms with Gasteiger partial charge in [0.2, 0.25) is 0 Å². The molecule has 1 aliphatic rings. The van der Waals surface area contributed by atoms with Crippen molar-refractivity contribution in [2.24, 2.45) is 0 Å². The van der Waals surface area contributed by atoms with Gasteiger partial charge in [-0.15, -0.1) is 0 Å². The highest BCUT2D eigenvalue weighted by Crippen LogP contribution is 2.13. The van der Waals surface area contributed by atoms with E-state index in [1.807, 2.05) is 0 Å². The van der Waals surface area contributed by atoms with Crippen LogP contribution < -0.4 is 0 Å². The minimum Gasteiger partial charge on any atom is -0.378 e. The van der Waals surface area contributed by atoms with Crippen LogP contribution in [-0.4, -0.2) is 37.2 Å². The topological polar surface area (TPSA) is 12.5 Å². The van der Waals surface area contributed by atoms with Crippen molar-refractivity contribution in [1.82, 2.24) is 4.90 Å². The molecule has 0 spiro atoms. The lowest BCUT2D eigenvalue weighted by atomic mass is 10.1. The molecule has 92 valence electrons. The van der Waals surface area contributed by atoms with Crippen molar-refractivity contribution in [3.05, 3.63) is 0 Å². The first-order chi connectivity index (χ1) is 6.86. The molecule has 0 unspecified atom stereocenters. The summed E-state index contributed by atoms with van der Waals surface area (Å²) >= 11 is 0. The molecule has 0 amide bonds. The van der Waals surface area contributed by atoms with Crippen LogP contribution in [0.2, 0.25) is 0 Å². The first-order valence-corrected chi connectivity index (χ1v) is 6.20. The molecular weight excluding hydrogens is 206 g/mol. The molecule has 1 heterocycles. The summed E-state index contributed by atoms with van der Waals surface area (Å²) in [5, 5.41) is 0. The Morgan fingerprint density at radius 3 is 2.33 bits per heavy atom. The highest BCUT2D eigenvalue weighted by Gasteiger charge is 2.17. The Morgan fingerprint density at radius 2 is 1.80 bits per heavy atom. The van der Waals surface area contributed by atoms with E-state index in [0.29, 0.717) is 6.10 Å². The van der Waals surface area contributed by atoms with Crippen LogP contribution in [0.4, 0.5) is 0 Å². The van der Waals surface area contributed by atoms with Gasteiger partial charge in [-0.25, -0.2) is 0 Å². The maximum atomic E-state index is 5.85. The molecule has 1 rings (SSSR count). The van der Waals surface area contributed by atoms with Crippen molar-refractivity contribution < 1.29 is 4.74 Å². The zero-order valence-corrected chi connectivity index (χ0v) is 11.3. The number of likely N-dealkylation sites (tertiary alicyclic amines) is 1. The predicted octanol–water partition coefficient (Wildman–Crippen LogP) is 2.79. The van der Waals surface area contributed by atoms with E-state index >= 15 is 0 Å². The minimum absolute atomic E-state index is 0. The fraction of sp³-hybridized carbons (Fsp3) is 1.00. The molecule has 3 heteroatoms. The molecule has 2 nitrogen and oxygen atoms in total. The predicted molar refractivity (Wildman–Crippen MR) is 71.0 cm³/mol. The number of rotatable bonds is 6. The maximum Gasteiger partial charge on any atom is 0.0599 e. The number of hydrogen-bond donors (Lipinski definition) is 0. The van der Waals surface area contributed by atoms with E-state index in [-0.39, 0.29) is 13.5 Å². The minimum atomic E-state index is 0. The quantitative estimate of drug-likeness (QED) is 0.654. The van der Waals surface area contributed by atoms with Crippen LogP contribution in [0.5, 0.6) is 0 Å². The first kappa shape index (κ1) is 15.3. The van der Waals surface area contributed by atoms with Gasteiger partial charge >= 0.3 is 0 Å². The monoisotopic (exact) mass is 233 g/mol. The van der Waals surface area contributed by atoms with E-state index in [2.05, 4.69) is 18.7 Å². The van der Waals surface area contributed by atoms with Gasteiger partial charge in [0.1, 0.15) is 0 Å². The second-order valence-corrected chi connectivity index (χ2v) is 4.21. The van der Waals surface area contributed by atoms with Gasteiger partial charge in [0, 0.05) is 19.7 Å². The Morgan fingerprint density at radius 1 is 1.13 bits per heavy atom. The molecule has 0 aromatic rings. The number of ether oxygens (including phenoxy) is 1. The van der Waals surface area contributed by atoms with Crippen molar-refractivity contribution in [1.29, 1.82) is 0 Å². The fourth-order valence-corrected chi connectivity index (χ4v) is 1.99. The van der Waals surface area contributed by atoms with E-state index in [1.165, 1.54) is 51.7 Å². The Kier molecular flexibility index (Phi) is 9.66. The average Bonchev–Trinajstić information content (AvgIpc) is 2.25. The van der Waals surface area contributed by atoms with E-state index in [1.54, 1.807) is 0 Å². The Bertz CT molecular complexity index is 136. The van der Waals surface area contributed by atoms with Crippen LogP contribution in [-0.2, 0) is 4.74 Å². The molecular formula is C12H27NOS. The summed E-state index contributed by atoms with van der Waals surface area (Å²) in [4.78, 5) is 2.51. The number of nitrogens with zero attached hydrogens (tertiary/aromatic N) is 1. The summed E-state index contributed by atoms with van der Waals surface area (Å²) in [6.45, 7) is 9.11. The molecule has 15 heavy (non-hydrogen) atoms. The van der Waals surface area contributed by atoms with Gasteiger partial charge in [0.25, 0.3) is 0 Å². The van der Waals surface area contributed by atoms with Gasteiger partial charge in [0.15, 0.2) is 0 Å². The standard InChI is InChI=1S/C12H25NO.H2S/c1-3-5-6-11-14-12-7-9-13(4-2)10-8-12;/h12H,3-11H2,1-2H3;1H2. The fourth-order valence-electron chi connectivity index (χ4n) is 1.99. The second kappa shape index (κ2) is 9.49. The van der Waals surface area contributed by atoms with E-state index in [4.69, 9.17) is 4.74 Å². The largest absolute Gasteiger partial charge is 0.378 e. The number of hydrogen-bond acceptors (Lipinski definition) is 2. The van der Waals surface area contributed by atoms with Crippen LogP contribution in [0.15, 0.2) is 0 Å². The second-order valence-electron chi connectivity index (χ2n) is 4.21. The van der Waals surface area contributed by atoms with Crippen LogP contribution in [0, 0.1) is 0 Å². The average molecular weight is 233 g/mol. The van der Waals surface area contributed by atoms with Gasteiger partial charge in [0.05, 0.1) is 6.10 Å². The molecule has 0 atom stereocenters. The summed E-state index contributed by atoms with van der Waals surface area (Å²) in [6.07, 6.45) is 6.87. The molecule has 0 N–H and O–H groups in total. The molecule has 0 saturated carbocycles. The van der Waals surface area contributed by atoms with E-state index in [0.717, 1.165) is 6.61 Å². The van der Waals surface area contributed by atoms with Crippen LogP contribution >= 0.6 is 13.5 Å². The van der Waals surface area contributed by atoms with E-state index in [9.17, 15) is 0 Å². The third-order valence-electron chi connectivity index (χ3n) is 3.08. The van der Waals surface area contributed by atoms with Crippen molar-refractivity contribution in [3.63, 3.8) is 0 Å². The maximum absolute atomic E-state index is 5.85. The van der Waals surface area contributed by atoms with Gasteiger partial charge in [-0.05, 0) is 25.8 Å². The SMILES string of the molecule is CCCCCOC1CCN(CC)CC1.S. The van der Waals surface area contributed by atoms with Crippen LogP contribution in [0.1, 0.15) is 46.0 Å². The smallest absolute Gasteiger partial charge is 0.0599 e. The number of unbranched alkanes of at least 4 members (excludes halogenated alkanes) is 2.